The second kappa shape index (κ2) is 14.6. The molecule has 0 aliphatic heterocycles. The van der Waals surface area contributed by atoms with Crippen molar-refractivity contribution in [1.82, 2.24) is 14.6 Å². The molecule has 0 saturated heterocycles. The smallest absolute Gasteiger partial charge is 0.303 e. The Hall–Kier alpha value is -2.37. The van der Waals surface area contributed by atoms with Crippen molar-refractivity contribution in [3.63, 3.8) is 0 Å². The van der Waals surface area contributed by atoms with E-state index in [-0.39, 0.29) is 5.56 Å². The fraction of sp³-hybridized carbons (Fsp3) is 0.654. The average molecular weight is 444 g/mol. The van der Waals surface area contributed by atoms with Gasteiger partial charge in [-0.15, -0.1) is 0 Å². The number of nitrogens with zero attached hydrogens (tertiary/aromatic N) is 2. The van der Waals surface area contributed by atoms with Crippen molar-refractivity contribution >= 4 is 11.6 Å². The molecular weight excluding hydrogens is 402 g/mol. The number of hydrogen-bond acceptors (Lipinski definition) is 3. The molecule has 0 aliphatic carbocycles. The molecule has 0 saturated carbocycles. The molecule has 0 bridgehead atoms. The SMILES string of the molecule is Cc1cc2[nH]c(=O)c(C)c(CCCCCCCC/C=C\CCCCCCCC(=O)O)n2n1. The van der Waals surface area contributed by atoms with Gasteiger partial charge in [0.2, 0.25) is 0 Å². The number of H-pyrrole nitrogens is 1. The second-order valence-electron chi connectivity index (χ2n) is 8.94. The van der Waals surface area contributed by atoms with Gasteiger partial charge in [0.1, 0.15) is 5.65 Å². The first-order valence-electron chi connectivity index (χ1n) is 12.4. The van der Waals surface area contributed by atoms with E-state index in [0.717, 1.165) is 61.1 Å². The third-order valence-corrected chi connectivity index (χ3v) is 6.06. The molecule has 0 aromatic carbocycles. The number of nitrogens with one attached hydrogen (secondary N) is 1. The molecule has 6 nitrogen and oxygen atoms in total. The van der Waals surface area contributed by atoms with Gasteiger partial charge in [-0.05, 0) is 58.8 Å². The first-order valence-corrected chi connectivity index (χ1v) is 12.4. The molecule has 6 heteroatoms. The van der Waals surface area contributed by atoms with Crippen molar-refractivity contribution in [3.8, 4) is 0 Å². The number of carbonyl (C=O) groups is 1. The number of aliphatic carboxylic acids is 1. The maximum absolute atomic E-state index is 12.1. The fourth-order valence-electron chi connectivity index (χ4n) is 4.15. The zero-order valence-electron chi connectivity index (χ0n) is 20.0. The summed E-state index contributed by atoms with van der Waals surface area (Å²) in [5, 5.41) is 13.1. The molecule has 2 N–H and O–H groups in total. The van der Waals surface area contributed by atoms with Crippen molar-refractivity contribution in [3.05, 3.63) is 45.5 Å². The van der Waals surface area contributed by atoms with E-state index < -0.39 is 5.97 Å². The Bertz CT molecular complexity index is 911. The predicted molar refractivity (Wildman–Crippen MR) is 130 cm³/mol. The van der Waals surface area contributed by atoms with E-state index in [0.29, 0.717) is 6.42 Å². The third-order valence-electron chi connectivity index (χ3n) is 6.06. The van der Waals surface area contributed by atoms with E-state index in [1.54, 1.807) is 0 Å². The number of allylic oxidation sites excluding steroid dienone is 2. The van der Waals surface area contributed by atoms with E-state index >= 15 is 0 Å². The summed E-state index contributed by atoms with van der Waals surface area (Å²) in [6, 6.07) is 1.92. The van der Waals surface area contributed by atoms with Gasteiger partial charge in [-0.25, -0.2) is 4.52 Å². The predicted octanol–water partition coefficient (Wildman–Crippen LogP) is 6.28. The zero-order valence-corrected chi connectivity index (χ0v) is 20.0. The van der Waals surface area contributed by atoms with Crippen LogP contribution in [0.2, 0.25) is 0 Å². The van der Waals surface area contributed by atoms with E-state index in [4.69, 9.17) is 5.11 Å². The van der Waals surface area contributed by atoms with Crippen molar-refractivity contribution in [1.29, 1.82) is 0 Å². The van der Waals surface area contributed by atoms with Crippen LogP contribution in [0.25, 0.3) is 5.65 Å². The monoisotopic (exact) mass is 443 g/mol. The number of hydrogen-bond donors (Lipinski definition) is 2. The summed E-state index contributed by atoms with van der Waals surface area (Å²) < 4.78 is 1.90. The van der Waals surface area contributed by atoms with Crippen LogP contribution in [0.15, 0.2) is 23.0 Å². The quantitative estimate of drug-likeness (QED) is 0.222. The van der Waals surface area contributed by atoms with Crippen LogP contribution in [0.3, 0.4) is 0 Å². The van der Waals surface area contributed by atoms with Crippen LogP contribution in [-0.2, 0) is 11.2 Å². The first-order chi connectivity index (χ1) is 15.5. The molecule has 2 aromatic heterocycles. The molecule has 0 fully saturated rings. The minimum Gasteiger partial charge on any atom is -0.481 e. The van der Waals surface area contributed by atoms with E-state index in [2.05, 4.69) is 22.2 Å². The lowest BCUT2D eigenvalue weighted by Crippen LogP contribution is -2.17. The average Bonchev–Trinajstić information content (AvgIpc) is 3.12. The lowest BCUT2D eigenvalue weighted by atomic mass is 10.1. The highest BCUT2D eigenvalue weighted by atomic mass is 16.4. The summed E-state index contributed by atoms with van der Waals surface area (Å²) in [6.45, 7) is 3.84. The molecule has 0 aliphatic rings. The molecule has 0 unspecified atom stereocenters. The van der Waals surface area contributed by atoms with Crippen LogP contribution in [0, 0.1) is 13.8 Å². The van der Waals surface area contributed by atoms with Gasteiger partial charge in [0.15, 0.2) is 0 Å². The molecule has 0 radical (unpaired) electrons. The number of carboxylic acids is 1. The normalized spacial score (nSPS) is 11.7. The number of aryl methyl sites for hydroxylation is 2. The Kier molecular flexibility index (Phi) is 11.8. The second-order valence-corrected chi connectivity index (χ2v) is 8.94. The Morgan fingerprint density at radius 3 is 2.12 bits per heavy atom. The van der Waals surface area contributed by atoms with Crippen LogP contribution in [0.4, 0.5) is 0 Å². The fourth-order valence-corrected chi connectivity index (χ4v) is 4.15. The summed E-state index contributed by atoms with van der Waals surface area (Å²) in [5.74, 6) is -0.681. The molecule has 2 aromatic rings. The Morgan fingerprint density at radius 2 is 1.50 bits per heavy atom. The maximum atomic E-state index is 12.1. The molecule has 0 spiro atoms. The Labute approximate surface area is 192 Å². The summed E-state index contributed by atoms with van der Waals surface area (Å²) in [4.78, 5) is 25.5. The number of fused-ring (bicyclic) bond motifs is 1. The minimum absolute atomic E-state index is 0.00352. The number of rotatable bonds is 17. The van der Waals surface area contributed by atoms with Crippen LogP contribution in [0.1, 0.15) is 107 Å². The molecule has 2 rings (SSSR count). The summed E-state index contributed by atoms with van der Waals surface area (Å²) in [5.41, 5.74) is 3.54. The zero-order chi connectivity index (χ0) is 23.2. The Balaban J connectivity index is 1.47. The summed E-state index contributed by atoms with van der Waals surface area (Å²) >= 11 is 0. The van der Waals surface area contributed by atoms with E-state index in [9.17, 15) is 9.59 Å². The van der Waals surface area contributed by atoms with E-state index in [1.165, 1.54) is 51.4 Å². The molecule has 2 heterocycles. The first kappa shape index (κ1) is 25.9. The van der Waals surface area contributed by atoms with Gasteiger partial charge in [0, 0.05) is 18.1 Å². The number of aromatic amines is 1. The summed E-state index contributed by atoms with van der Waals surface area (Å²) in [7, 11) is 0. The largest absolute Gasteiger partial charge is 0.481 e. The van der Waals surface area contributed by atoms with Gasteiger partial charge in [0.25, 0.3) is 5.56 Å². The highest BCUT2D eigenvalue weighted by Crippen LogP contribution is 2.14. The van der Waals surface area contributed by atoms with Gasteiger partial charge in [-0.3, -0.25) is 9.59 Å². The third kappa shape index (κ3) is 9.41. The van der Waals surface area contributed by atoms with E-state index in [1.807, 2.05) is 24.4 Å². The lowest BCUT2D eigenvalue weighted by molar-refractivity contribution is -0.137. The van der Waals surface area contributed by atoms with Crippen LogP contribution in [-0.4, -0.2) is 25.7 Å². The van der Waals surface area contributed by atoms with Gasteiger partial charge < -0.3 is 10.1 Å². The number of carboxylic acid groups (broad SMARTS) is 1. The van der Waals surface area contributed by atoms with Crippen molar-refractivity contribution in [2.45, 2.75) is 110 Å². The molecule has 0 atom stereocenters. The molecule has 178 valence electrons. The van der Waals surface area contributed by atoms with Gasteiger partial charge in [-0.2, -0.15) is 5.10 Å². The van der Waals surface area contributed by atoms with Crippen molar-refractivity contribution in [2.75, 3.05) is 0 Å². The molecular formula is C26H41N3O3. The van der Waals surface area contributed by atoms with Crippen molar-refractivity contribution < 1.29 is 9.90 Å². The molecule has 32 heavy (non-hydrogen) atoms. The number of unbranched alkanes of at least 4 members (excludes halogenated alkanes) is 11. The van der Waals surface area contributed by atoms with Crippen LogP contribution in [0.5, 0.6) is 0 Å². The highest BCUT2D eigenvalue weighted by molar-refractivity contribution is 5.66. The molecule has 0 amide bonds. The summed E-state index contributed by atoms with van der Waals surface area (Å²) in [6.07, 6.45) is 20.9. The minimum atomic E-state index is -0.681. The standard InChI is InChI=1S/C26H41N3O3/c1-21-20-24-27-26(32)22(2)23(29(24)28-21)18-16-14-12-10-8-6-4-3-5-7-9-11-13-15-17-19-25(30)31/h3,5,20H,4,6-19H2,1-2H3,(H,27,32)(H,30,31)/b5-3-. The highest BCUT2D eigenvalue weighted by Gasteiger charge is 2.10. The van der Waals surface area contributed by atoms with Crippen LogP contribution < -0.4 is 5.56 Å². The van der Waals surface area contributed by atoms with Gasteiger partial charge >= 0.3 is 5.97 Å². The van der Waals surface area contributed by atoms with Gasteiger partial charge in [-0.1, -0.05) is 57.1 Å². The van der Waals surface area contributed by atoms with Crippen molar-refractivity contribution in [2.24, 2.45) is 0 Å². The lowest BCUT2D eigenvalue weighted by Gasteiger charge is -2.08. The maximum Gasteiger partial charge on any atom is 0.303 e. The topological polar surface area (TPSA) is 87.5 Å². The number of aromatic nitrogens is 3. The Morgan fingerprint density at radius 1 is 0.938 bits per heavy atom. The van der Waals surface area contributed by atoms with Gasteiger partial charge in [0.05, 0.1) is 11.4 Å². The van der Waals surface area contributed by atoms with Crippen LogP contribution >= 0.6 is 0 Å².